The lowest BCUT2D eigenvalue weighted by molar-refractivity contribution is -0.122. The van der Waals surface area contributed by atoms with E-state index >= 15 is 0 Å². The Morgan fingerprint density at radius 3 is 2.94 bits per heavy atom. The molecule has 1 N–H and O–H groups in total. The van der Waals surface area contributed by atoms with Gasteiger partial charge in [0, 0.05) is 18.8 Å². The van der Waals surface area contributed by atoms with Crippen molar-refractivity contribution in [3.63, 3.8) is 0 Å². The van der Waals surface area contributed by atoms with Crippen molar-refractivity contribution in [1.29, 1.82) is 0 Å². The lowest BCUT2D eigenvalue weighted by atomic mass is 10.0. The molecule has 0 bridgehead atoms. The van der Waals surface area contributed by atoms with Gasteiger partial charge in [-0.3, -0.25) is 4.79 Å². The summed E-state index contributed by atoms with van der Waals surface area (Å²) in [7, 11) is 3.46. The van der Waals surface area contributed by atoms with E-state index in [2.05, 4.69) is 5.32 Å². The molecule has 1 aliphatic rings. The molecule has 1 fully saturated rings. The Kier molecular flexibility index (Phi) is 3.93. The van der Waals surface area contributed by atoms with Crippen molar-refractivity contribution in [2.24, 2.45) is 5.92 Å². The monoisotopic (exact) mass is 252 g/mol. The highest BCUT2D eigenvalue weighted by Gasteiger charge is 2.35. The van der Waals surface area contributed by atoms with Gasteiger partial charge in [0.25, 0.3) is 0 Å². The van der Waals surface area contributed by atoms with Gasteiger partial charge in [0.1, 0.15) is 5.82 Å². The molecule has 2 rings (SSSR count). The number of halogens is 1. The lowest BCUT2D eigenvalue weighted by Crippen LogP contribution is -2.43. The molecule has 1 aromatic carbocycles. The van der Waals surface area contributed by atoms with Crippen molar-refractivity contribution in [3.8, 4) is 0 Å². The van der Waals surface area contributed by atoms with Gasteiger partial charge in [0.2, 0.25) is 5.91 Å². The minimum atomic E-state index is -0.347. The van der Waals surface area contributed by atoms with Crippen LogP contribution in [0, 0.1) is 11.7 Å². The SMILES string of the molecule is CNC1COCC1C(=O)N(C)c1cccc(F)c1. The van der Waals surface area contributed by atoms with E-state index in [0.29, 0.717) is 18.9 Å². The molecular weight excluding hydrogens is 235 g/mol. The van der Waals surface area contributed by atoms with Crippen LogP contribution in [-0.2, 0) is 9.53 Å². The molecule has 1 aliphatic heterocycles. The Labute approximate surface area is 106 Å². The number of nitrogens with zero attached hydrogens (tertiary/aromatic N) is 1. The van der Waals surface area contributed by atoms with Crippen LogP contribution < -0.4 is 10.2 Å². The van der Waals surface area contributed by atoms with Gasteiger partial charge in [-0.1, -0.05) is 6.07 Å². The number of anilines is 1. The third-order valence-corrected chi connectivity index (χ3v) is 3.29. The number of hydrogen-bond acceptors (Lipinski definition) is 3. The van der Waals surface area contributed by atoms with Crippen LogP contribution in [0.1, 0.15) is 0 Å². The van der Waals surface area contributed by atoms with Crippen LogP contribution in [-0.4, -0.2) is 39.3 Å². The van der Waals surface area contributed by atoms with Crippen LogP contribution in [0.5, 0.6) is 0 Å². The van der Waals surface area contributed by atoms with Gasteiger partial charge in [0.15, 0.2) is 0 Å². The molecule has 1 aromatic rings. The molecule has 2 atom stereocenters. The van der Waals surface area contributed by atoms with Gasteiger partial charge in [0.05, 0.1) is 19.1 Å². The number of carbonyl (C=O) groups excluding carboxylic acids is 1. The van der Waals surface area contributed by atoms with E-state index in [1.54, 1.807) is 19.2 Å². The van der Waals surface area contributed by atoms with Crippen molar-refractivity contribution in [2.75, 3.05) is 32.2 Å². The zero-order chi connectivity index (χ0) is 13.1. The van der Waals surface area contributed by atoms with E-state index in [4.69, 9.17) is 4.74 Å². The fraction of sp³-hybridized carbons (Fsp3) is 0.462. The number of benzene rings is 1. The predicted molar refractivity (Wildman–Crippen MR) is 67.0 cm³/mol. The van der Waals surface area contributed by atoms with E-state index in [-0.39, 0.29) is 23.7 Å². The first-order chi connectivity index (χ1) is 8.63. The summed E-state index contributed by atoms with van der Waals surface area (Å²) in [5.74, 6) is -0.624. The molecule has 98 valence electrons. The van der Waals surface area contributed by atoms with Crippen LogP contribution >= 0.6 is 0 Å². The molecule has 1 heterocycles. The van der Waals surface area contributed by atoms with Crippen molar-refractivity contribution in [2.45, 2.75) is 6.04 Å². The van der Waals surface area contributed by atoms with Gasteiger partial charge in [-0.15, -0.1) is 0 Å². The van der Waals surface area contributed by atoms with Crippen molar-refractivity contribution in [3.05, 3.63) is 30.1 Å². The highest BCUT2D eigenvalue weighted by molar-refractivity contribution is 5.95. The highest BCUT2D eigenvalue weighted by atomic mass is 19.1. The number of amides is 1. The Morgan fingerprint density at radius 1 is 1.50 bits per heavy atom. The summed E-state index contributed by atoms with van der Waals surface area (Å²) in [6.45, 7) is 0.938. The number of ether oxygens (including phenoxy) is 1. The minimum absolute atomic E-state index is 0.0218. The maximum atomic E-state index is 13.1. The molecule has 0 aromatic heterocycles. The minimum Gasteiger partial charge on any atom is -0.379 e. The summed E-state index contributed by atoms with van der Waals surface area (Å²) in [5, 5.41) is 3.07. The Bertz CT molecular complexity index is 439. The van der Waals surface area contributed by atoms with Crippen LogP contribution in [0.4, 0.5) is 10.1 Å². The van der Waals surface area contributed by atoms with Crippen LogP contribution in [0.25, 0.3) is 0 Å². The molecule has 2 unspecified atom stereocenters. The third-order valence-electron chi connectivity index (χ3n) is 3.29. The molecule has 1 saturated heterocycles. The summed E-state index contributed by atoms with van der Waals surface area (Å²) in [6, 6.07) is 6.03. The second-order valence-electron chi connectivity index (χ2n) is 4.42. The summed E-state index contributed by atoms with van der Waals surface area (Å²) < 4.78 is 18.4. The molecule has 0 spiro atoms. The average molecular weight is 252 g/mol. The number of rotatable bonds is 3. The molecular formula is C13H17FN2O2. The van der Waals surface area contributed by atoms with Gasteiger partial charge >= 0.3 is 0 Å². The predicted octanol–water partition coefficient (Wildman–Crippen LogP) is 1.02. The van der Waals surface area contributed by atoms with Gasteiger partial charge in [-0.2, -0.15) is 0 Å². The van der Waals surface area contributed by atoms with Crippen LogP contribution in [0.3, 0.4) is 0 Å². The first-order valence-corrected chi connectivity index (χ1v) is 5.91. The molecule has 1 amide bonds. The number of hydrogen-bond donors (Lipinski definition) is 1. The van der Waals surface area contributed by atoms with Crippen LogP contribution in [0.15, 0.2) is 24.3 Å². The van der Waals surface area contributed by atoms with Crippen LogP contribution in [0.2, 0.25) is 0 Å². The summed E-state index contributed by atoms with van der Waals surface area (Å²) >= 11 is 0. The van der Waals surface area contributed by atoms with Gasteiger partial charge < -0.3 is 15.0 Å². The summed E-state index contributed by atoms with van der Waals surface area (Å²) in [6.07, 6.45) is 0. The van der Waals surface area contributed by atoms with Gasteiger partial charge in [-0.25, -0.2) is 4.39 Å². The largest absolute Gasteiger partial charge is 0.379 e. The Balaban J connectivity index is 2.13. The molecule has 0 aliphatic carbocycles. The van der Waals surface area contributed by atoms with E-state index in [0.717, 1.165) is 0 Å². The smallest absolute Gasteiger partial charge is 0.233 e. The van der Waals surface area contributed by atoms with E-state index < -0.39 is 0 Å². The second kappa shape index (κ2) is 5.46. The molecule has 18 heavy (non-hydrogen) atoms. The molecule has 4 nitrogen and oxygen atoms in total. The third kappa shape index (κ3) is 2.52. The molecule has 0 radical (unpaired) electrons. The van der Waals surface area contributed by atoms with E-state index in [1.165, 1.54) is 17.0 Å². The first-order valence-electron chi connectivity index (χ1n) is 5.91. The Hall–Kier alpha value is -1.46. The van der Waals surface area contributed by atoms with E-state index in [9.17, 15) is 9.18 Å². The lowest BCUT2D eigenvalue weighted by Gasteiger charge is -2.23. The topological polar surface area (TPSA) is 41.6 Å². The normalized spacial score (nSPS) is 23.1. The van der Waals surface area contributed by atoms with Crippen molar-refractivity contribution in [1.82, 2.24) is 5.32 Å². The number of nitrogens with one attached hydrogen (secondary N) is 1. The summed E-state index contributed by atoms with van der Waals surface area (Å²) in [5.41, 5.74) is 0.557. The maximum absolute atomic E-state index is 13.1. The van der Waals surface area contributed by atoms with Gasteiger partial charge in [-0.05, 0) is 25.2 Å². The molecule has 0 saturated carbocycles. The second-order valence-corrected chi connectivity index (χ2v) is 4.42. The zero-order valence-corrected chi connectivity index (χ0v) is 10.5. The molecule has 5 heteroatoms. The quantitative estimate of drug-likeness (QED) is 0.873. The number of likely N-dealkylation sites (N-methyl/N-ethyl adjacent to an activating group) is 1. The van der Waals surface area contributed by atoms with Crippen molar-refractivity contribution < 1.29 is 13.9 Å². The maximum Gasteiger partial charge on any atom is 0.233 e. The average Bonchev–Trinajstić information content (AvgIpc) is 2.85. The highest BCUT2D eigenvalue weighted by Crippen LogP contribution is 2.21. The fourth-order valence-corrected chi connectivity index (χ4v) is 2.14. The van der Waals surface area contributed by atoms with E-state index in [1.807, 2.05) is 7.05 Å². The van der Waals surface area contributed by atoms with Crippen molar-refractivity contribution >= 4 is 11.6 Å². The summed E-state index contributed by atoms with van der Waals surface area (Å²) in [4.78, 5) is 13.8. The standard InChI is InChI=1S/C13H17FN2O2/c1-15-12-8-18-7-11(12)13(17)16(2)10-5-3-4-9(14)6-10/h3-6,11-12,15H,7-8H2,1-2H3. The first kappa shape index (κ1) is 13.0. The Morgan fingerprint density at radius 2 is 2.28 bits per heavy atom. The zero-order valence-electron chi connectivity index (χ0n) is 10.5. The number of carbonyl (C=O) groups is 1. The fourth-order valence-electron chi connectivity index (χ4n) is 2.14.